The van der Waals surface area contributed by atoms with Gasteiger partial charge in [-0.1, -0.05) is 84.4 Å². The molecular formula is C36H46N4. The Hall–Kier alpha value is -4.31. The second-order valence-electron chi connectivity index (χ2n) is 9.92. The van der Waals surface area contributed by atoms with Crippen LogP contribution in [0.5, 0.6) is 0 Å². The normalized spacial score (nSPS) is 12.8. The van der Waals surface area contributed by atoms with Gasteiger partial charge in [0, 0.05) is 40.1 Å². The fourth-order valence-corrected chi connectivity index (χ4v) is 4.39. The summed E-state index contributed by atoms with van der Waals surface area (Å²) < 4.78 is 0. The van der Waals surface area contributed by atoms with E-state index in [1.54, 1.807) is 6.08 Å². The Kier molecular flexibility index (Phi) is 12.2. The Bertz CT molecular complexity index is 1380. The van der Waals surface area contributed by atoms with Crippen molar-refractivity contribution in [2.24, 2.45) is 5.92 Å². The lowest BCUT2D eigenvalue weighted by molar-refractivity contribution is 0.622. The fraction of sp³-hybridized carbons (Fsp3) is 0.250. The zero-order chi connectivity index (χ0) is 29.8. The van der Waals surface area contributed by atoms with Crippen LogP contribution in [-0.4, -0.2) is 4.98 Å². The molecule has 4 N–H and O–H groups in total. The Morgan fingerprint density at radius 3 is 2.48 bits per heavy atom. The largest absolute Gasteiger partial charge is 0.398 e. The number of nitrogens with zero attached hydrogens (tertiary/aromatic N) is 1. The summed E-state index contributed by atoms with van der Waals surface area (Å²) in [7, 11) is 0. The van der Waals surface area contributed by atoms with E-state index in [0.717, 1.165) is 63.3 Å². The Morgan fingerprint density at radius 1 is 1.15 bits per heavy atom. The van der Waals surface area contributed by atoms with Gasteiger partial charge in [0.15, 0.2) is 0 Å². The molecule has 1 aliphatic carbocycles. The molecule has 1 aromatic carbocycles. The van der Waals surface area contributed by atoms with E-state index in [0.29, 0.717) is 17.3 Å². The summed E-state index contributed by atoms with van der Waals surface area (Å²) in [6, 6.07) is 5.97. The van der Waals surface area contributed by atoms with Crippen molar-refractivity contribution in [1.82, 2.24) is 10.3 Å². The van der Waals surface area contributed by atoms with Gasteiger partial charge in [0.2, 0.25) is 0 Å². The van der Waals surface area contributed by atoms with Crippen LogP contribution in [0.2, 0.25) is 0 Å². The van der Waals surface area contributed by atoms with E-state index in [1.807, 2.05) is 45.3 Å². The molecule has 1 aromatic heterocycles. The lowest BCUT2D eigenvalue weighted by atomic mass is 9.96. The molecule has 0 fully saturated rings. The van der Waals surface area contributed by atoms with Gasteiger partial charge in [-0.15, -0.1) is 0 Å². The molecule has 0 spiro atoms. The Balaban J connectivity index is 0.00000274. The first-order chi connectivity index (χ1) is 19.1. The number of hydrogen-bond acceptors (Lipinski definition) is 4. The van der Waals surface area contributed by atoms with Gasteiger partial charge < -0.3 is 16.4 Å². The minimum absolute atomic E-state index is 0.522. The van der Waals surface area contributed by atoms with Gasteiger partial charge in [-0.05, 0) is 84.7 Å². The average molecular weight is 535 g/mol. The monoisotopic (exact) mass is 534 g/mol. The van der Waals surface area contributed by atoms with E-state index < -0.39 is 0 Å². The number of hydrogen-bond donors (Lipinski definition) is 3. The molecule has 40 heavy (non-hydrogen) atoms. The third kappa shape index (κ3) is 8.34. The van der Waals surface area contributed by atoms with Crippen molar-refractivity contribution in [1.29, 1.82) is 0 Å². The van der Waals surface area contributed by atoms with Crippen molar-refractivity contribution in [3.05, 3.63) is 133 Å². The third-order valence-corrected chi connectivity index (χ3v) is 6.48. The van der Waals surface area contributed by atoms with Crippen LogP contribution in [0, 0.1) is 12.8 Å². The predicted molar refractivity (Wildman–Crippen MR) is 178 cm³/mol. The molecule has 0 bridgehead atoms. The molecule has 1 heterocycles. The van der Waals surface area contributed by atoms with Crippen LogP contribution < -0.4 is 16.4 Å². The Labute approximate surface area is 242 Å². The maximum Gasteiger partial charge on any atom is 0.0606 e. The number of benzene rings is 1. The van der Waals surface area contributed by atoms with Crippen molar-refractivity contribution in [3.63, 3.8) is 0 Å². The molecule has 210 valence electrons. The zero-order valence-corrected chi connectivity index (χ0v) is 25.2. The van der Waals surface area contributed by atoms with Gasteiger partial charge in [-0.2, -0.15) is 0 Å². The molecule has 0 radical (unpaired) electrons. The van der Waals surface area contributed by atoms with Crippen molar-refractivity contribution in [2.75, 3.05) is 11.1 Å². The Morgan fingerprint density at radius 2 is 1.88 bits per heavy atom. The molecule has 0 unspecified atom stereocenters. The molecular weight excluding hydrogens is 488 g/mol. The second kappa shape index (κ2) is 15.3. The van der Waals surface area contributed by atoms with E-state index in [9.17, 15) is 0 Å². The maximum atomic E-state index is 6.41. The number of nitrogens with one attached hydrogen (secondary N) is 2. The van der Waals surface area contributed by atoms with Crippen LogP contribution in [0.1, 0.15) is 69.7 Å². The smallest absolute Gasteiger partial charge is 0.0606 e. The third-order valence-electron chi connectivity index (χ3n) is 6.48. The highest BCUT2D eigenvalue weighted by molar-refractivity contribution is 5.89. The molecule has 0 saturated heterocycles. The van der Waals surface area contributed by atoms with E-state index >= 15 is 0 Å². The van der Waals surface area contributed by atoms with Crippen LogP contribution >= 0.6 is 0 Å². The molecule has 0 atom stereocenters. The highest BCUT2D eigenvalue weighted by atomic mass is 14.9. The van der Waals surface area contributed by atoms with Gasteiger partial charge in [-0.25, -0.2) is 0 Å². The first-order valence-electron chi connectivity index (χ1n) is 14.0. The van der Waals surface area contributed by atoms with E-state index in [4.69, 9.17) is 5.73 Å². The van der Waals surface area contributed by atoms with Crippen molar-refractivity contribution in [3.8, 4) is 0 Å². The maximum absolute atomic E-state index is 6.41. The minimum atomic E-state index is 0.522. The van der Waals surface area contributed by atoms with Gasteiger partial charge >= 0.3 is 0 Å². The summed E-state index contributed by atoms with van der Waals surface area (Å²) in [5, 5.41) is 6.80. The lowest BCUT2D eigenvalue weighted by Gasteiger charge is -2.18. The number of anilines is 2. The fourth-order valence-electron chi connectivity index (χ4n) is 4.39. The van der Waals surface area contributed by atoms with E-state index in [2.05, 4.69) is 99.2 Å². The first-order valence-corrected chi connectivity index (χ1v) is 14.0. The molecule has 4 heteroatoms. The standard InChI is InChI=1S/C34H40N4.C2H6/c1-9-27(18-30(10-2)37-23(5)17-22(3)4)29-15-16-33(35)31(19-29)24(6)26(8)38-34-21-36-20-32(25(34)7)28-13-11-12-14-28;1-2/h9-11,13-16,18-22,37-38H,2,5-6,8,12,17,35H2,1,3-4,7H3;1-2H3/b27-9+,30-18+;. The zero-order valence-electron chi connectivity index (χ0n) is 25.2. The summed E-state index contributed by atoms with van der Waals surface area (Å²) in [6.45, 7) is 29.2. The van der Waals surface area contributed by atoms with Crippen molar-refractivity contribution < 1.29 is 0 Å². The van der Waals surface area contributed by atoms with Crippen LogP contribution in [0.4, 0.5) is 11.4 Å². The predicted octanol–water partition coefficient (Wildman–Crippen LogP) is 9.60. The minimum Gasteiger partial charge on any atom is -0.398 e. The van der Waals surface area contributed by atoms with Gasteiger partial charge in [-0.3, -0.25) is 4.98 Å². The van der Waals surface area contributed by atoms with Gasteiger partial charge in [0.1, 0.15) is 0 Å². The number of allylic oxidation sites excluding steroid dienone is 10. The quantitative estimate of drug-likeness (QED) is 0.187. The van der Waals surface area contributed by atoms with Crippen molar-refractivity contribution in [2.45, 2.75) is 54.4 Å². The SMILES string of the molecule is C=C/C(=C\C(=C/C)c1ccc(N)c(C(=C)C(=C)Nc2cncc(C3=CCC=C3)c2C)c1)NC(=C)CC(C)C.CC. The van der Waals surface area contributed by atoms with Crippen LogP contribution in [0.15, 0.2) is 110 Å². The van der Waals surface area contributed by atoms with E-state index in [-0.39, 0.29) is 0 Å². The number of nitrogens with two attached hydrogens (primary N) is 1. The van der Waals surface area contributed by atoms with Crippen LogP contribution in [-0.2, 0) is 0 Å². The highest BCUT2D eigenvalue weighted by Gasteiger charge is 2.14. The number of rotatable bonds is 12. The van der Waals surface area contributed by atoms with Crippen LogP contribution in [0.25, 0.3) is 16.7 Å². The average Bonchev–Trinajstić information content (AvgIpc) is 3.47. The lowest BCUT2D eigenvalue weighted by Crippen LogP contribution is -2.12. The molecule has 0 saturated carbocycles. The molecule has 3 rings (SSSR count). The highest BCUT2D eigenvalue weighted by Crippen LogP contribution is 2.33. The van der Waals surface area contributed by atoms with Crippen LogP contribution in [0.3, 0.4) is 0 Å². The topological polar surface area (TPSA) is 63.0 Å². The van der Waals surface area contributed by atoms with Gasteiger partial charge in [0.05, 0.1) is 11.9 Å². The summed E-state index contributed by atoms with van der Waals surface area (Å²) in [5.41, 5.74) is 17.5. The first kappa shape index (κ1) is 31.9. The molecule has 1 aliphatic rings. The number of aromatic nitrogens is 1. The number of pyridine rings is 1. The molecule has 2 aromatic rings. The summed E-state index contributed by atoms with van der Waals surface area (Å²) in [5.74, 6) is 0.522. The second-order valence-corrected chi connectivity index (χ2v) is 9.92. The molecule has 4 nitrogen and oxygen atoms in total. The molecule has 0 amide bonds. The van der Waals surface area contributed by atoms with Crippen molar-refractivity contribution >= 4 is 28.1 Å². The summed E-state index contributed by atoms with van der Waals surface area (Å²) >= 11 is 0. The summed E-state index contributed by atoms with van der Waals surface area (Å²) in [6.07, 6.45) is 18.0. The molecule has 0 aliphatic heterocycles. The number of nitrogen functional groups attached to an aromatic ring is 1. The van der Waals surface area contributed by atoms with Gasteiger partial charge in [0.25, 0.3) is 0 Å². The van der Waals surface area contributed by atoms with E-state index in [1.165, 1.54) is 5.57 Å². The summed E-state index contributed by atoms with van der Waals surface area (Å²) in [4.78, 5) is 4.45.